The first kappa shape index (κ1) is 8.74. The molecule has 0 fully saturated rings. The van der Waals surface area contributed by atoms with Gasteiger partial charge in [-0.3, -0.25) is 0 Å². The van der Waals surface area contributed by atoms with Gasteiger partial charge >= 0.3 is 0 Å². The molecule has 0 aromatic carbocycles. The van der Waals surface area contributed by atoms with Crippen molar-refractivity contribution < 1.29 is 0 Å². The quantitative estimate of drug-likeness (QED) is 0.506. The van der Waals surface area contributed by atoms with Gasteiger partial charge in [0.25, 0.3) is 0 Å². The fraction of sp³-hybridized carbons (Fsp3) is 0.667. The average Bonchev–Trinajstić information content (AvgIpc) is 1.85. The van der Waals surface area contributed by atoms with Gasteiger partial charge in [0.15, 0.2) is 0 Å². The Labute approximate surface area is 59.0 Å². The van der Waals surface area contributed by atoms with Crippen molar-refractivity contribution in [3.63, 3.8) is 0 Å². The van der Waals surface area contributed by atoms with E-state index in [1.165, 1.54) is 12.8 Å². The van der Waals surface area contributed by atoms with Crippen molar-refractivity contribution >= 4 is 0 Å². The Bertz CT molecular complexity index is 72.1. The van der Waals surface area contributed by atoms with Crippen molar-refractivity contribution in [3.05, 3.63) is 19.1 Å². The molecule has 1 atom stereocenters. The molecule has 0 aromatic rings. The van der Waals surface area contributed by atoms with Crippen LogP contribution in [0, 0.1) is 12.8 Å². The molecule has 53 valence electrons. The van der Waals surface area contributed by atoms with Crippen LogP contribution in [0.4, 0.5) is 0 Å². The summed E-state index contributed by atoms with van der Waals surface area (Å²) >= 11 is 0. The first-order valence-electron chi connectivity index (χ1n) is 3.77. The van der Waals surface area contributed by atoms with E-state index in [9.17, 15) is 0 Å². The maximum absolute atomic E-state index is 3.73. The largest absolute Gasteiger partial charge is 0.0883 e. The van der Waals surface area contributed by atoms with Crippen LogP contribution in [0.25, 0.3) is 0 Å². The summed E-state index contributed by atoms with van der Waals surface area (Å²) in [7, 11) is 0. The lowest BCUT2D eigenvalue weighted by Crippen LogP contribution is -1.86. The van der Waals surface area contributed by atoms with E-state index in [0.717, 1.165) is 12.3 Å². The third-order valence-corrected chi connectivity index (χ3v) is 1.38. The monoisotopic (exact) mass is 125 g/mol. The fourth-order valence-electron chi connectivity index (χ4n) is 0.880. The highest BCUT2D eigenvalue weighted by atomic mass is 14.0. The molecule has 0 saturated heterocycles. The van der Waals surface area contributed by atoms with E-state index in [0.29, 0.717) is 0 Å². The predicted octanol–water partition coefficient (Wildman–Crippen LogP) is 3.20. The zero-order chi connectivity index (χ0) is 7.11. The summed E-state index contributed by atoms with van der Waals surface area (Å²) in [6.07, 6.45) is 7.89. The van der Waals surface area contributed by atoms with Crippen LogP contribution in [-0.2, 0) is 0 Å². The Morgan fingerprint density at radius 3 is 2.67 bits per heavy atom. The number of hydrogen-bond acceptors (Lipinski definition) is 0. The second kappa shape index (κ2) is 5.87. The molecule has 0 heterocycles. The van der Waals surface area contributed by atoms with Gasteiger partial charge in [-0.1, -0.05) is 32.4 Å². The van der Waals surface area contributed by atoms with Gasteiger partial charge in [-0.2, -0.15) is 0 Å². The zero-order valence-corrected chi connectivity index (χ0v) is 6.56. The summed E-state index contributed by atoms with van der Waals surface area (Å²) in [6, 6.07) is 0. The summed E-state index contributed by atoms with van der Waals surface area (Å²) in [6.45, 7) is 8.19. The topological polar surface area (TPSA) is 0 Å². The molecule has 0 aromatic heterocycles. The summed E-state index contributed by atoms with van der Waals surface area (Å²) in [5, 5.41) is 0. The lowest BCUT2D eigenvalue weighted by Gasteiger charge is -2.00. The summed E-state index contributed by atoms with van der Waals surface area (Å²) in [5.41, 5.74) is 0. The van der Waals surface area contributed by atoms with Crippen LogP contribution in [0.15, 0.2) is 12.2 Å². The van der Waals surface area contributed by atoms with Crippen LogP contribution in [0.2, 0.25) is 0 Å². The van der Waals surface area contributed by atoms with Crippen molar-refractivity contribution in [3.8, 4) is 0 Å². The molecule has 1 radical (unpaired) electrons. The molecule has 0 nitrogen and oxygen atoms in total. The maximum Gasteiger partial charge on any atom is -0.0262 e. The number of allylic oxidation sites excluding steroid dienone is 2. The van der Waals surface area contributed by atoms with Crippen molar-refractivity contribution in [2.75, 3.05) is 0 Å². The van der Waals surface area contributed by atoms with Gasteiger partial charge in [0, 0.05) is 0 Å². The van der Waals surface area contributed by atoms with Gasteiger partial charge < -0.3 is 0 Å². The second-order valence-electron chi connectivity index (χ2n) is 2.48. The Kier molecular flexibility index (Phi) is 5.70. The van der Waals surface area contributed by atoms with Gasteiger partial charge in [0.05, 0.1) is 0 Å². The highest BCUT2D eigenvalue weighted by Crippen LogP contribution is 2.05. The first-order valence-corrected chi connectivity index (χ1v) is 3.77. The molecular formula is C9H17. The van der Waals surface area contributed by atoms with Crippen LogP contribution >= 0.6 is 0 Å². The minimum Gasteiger partial charge on any atom is -0.0883 e. The summed E-state index contributed by atoms with van der Waals surface area (Å²) in [4.78, 5) is 0. The van der Waals surface area contributed by atoms with Gasteiger partial charge in [-0.15, -0.1) is 0 Å². The van der Waals surface area contributed by atoms with Gasteiger partial charge in [0.2, 0.25) is 0 Å². The lowest BCUT2D eigenvalue weighted by atomic mass is 10.1. The van der Waals surface area contributed by atoms with Crippen LogP contribution in [0.3, 0.4) is 0 Å². The molecule has 0 aliphatic heterocycles. The second-order valence-corrected chi connectivity index (χ2v) is 2.48. The Hall–Kier alpha value is -0.260. The lowest BCUT2D eigenvalue weighted by molar-refractivity contribution is 0.633. The van der Waals surface area contributed by atoms with Gasteiger partial charge in [0.1, 0.15) is 0 Å². The molecule has 0 bridgehead atoms. The molecule has 0 aliphatic carbocycles. The molecule has 0 rings (SSSR count). The highest BCUT2D eigenvalue weighted by Gasteiger charge is 1.91. The van der Waals surface area contributed by atoms with E-state index in [1.807, 2.05) is 0 Å². The molecule has 1 unspecified atom stereocenters. The summed E-state index contributed by atoms with van der Waals surface area (Å²) < 4.78 is 0. The molecule has 0 N–H and O–H groups in total. The average molecular weight is 125 g/mol. The van der Waals surface area contributed by atoms with Crippen molar-refractivity contribution in [1.29, 1.82) is 0 Å². The van der Waals surface area contributed by atoms with Crippen molar-refractivity contribution in [2.24, 2.45) is 5.92 Å². The Balaban J connectivity index is 3.25. The molecule has 0 heteroatoms. The number of hydrogen-bond donors (Lipinski definition) is 0. The van der Waals surface area contributed by atoms with E-state index in [2.05, 4.69) is 32.9 Å². The van der Waals surface area contributed by atoms with Crippen molar-refractivity contribution in [2.45, 2.75) is 33.1 Å². The van der Waals surface area contributed by atoms with Crippen LogP contribution in [0.1, 0.15) is 33.1 Å². The molecule has 0 spiro atoms. The highest BCUT2D eigenvalue weighted by molar-refractivity contribution is 4.86. The third-order valence-electron chi connectivity index (χ3n) is 1.38. The van der Waals surface area contributed by atoms with Crippen molar-refractivity contribution in [1.82, 2.24) is 0 Å². The Morgan fingerprint density at radius 1 is 1.56 bits per heavy atom. The SMILES string of the molecule is [CH2]CC=CC(C)CCC. The third kappa shape index (κ3) is 5.61. The smallest absolute Gasteiger partial charge is 0.0262 e. The number of rotatable bonds is 4. The molecule has 9 heavy (non-hydrogen) atoms. The van der Waals surface area contributed by atoms with E-state index >= 15 is 0 Å². The molecular weight excluding hydrogens is 108 g/mol. The van der Waals surface area contributed by atoms with E-state index in [1.54, 1.807) is 0 Å². The minimum atomic E-state index is 0.747. The van der Waals surface area contributed by atoms with E-state index in [4.69, 9.17) is 0 Å². The molecule has 0 aliphatic rings. The first-order chi connectivity index (χ1) is 4.31. The molecule has 0 saturated carbocycles. The van der Waals surface area contributed by atoms with E-state index in [-0.39, 0.29) is 0 Å². The standard InChI is InChI=1S/C9H17/c1-4-6-8-9(3)7-5-2/h6,8-9H,1,4-5,7H2,2-3H3. The normalized spacial score (nSPS) is 14.6. The zero-order valence-electron chi connectivity index (χ0n) is 6.56. The van der Waals surface area contributed by atoms with E-state index < -0.39 is 0 Å². The Morgan fingerprint density at radius 2 is 2.22 bits per heavy atom. The predicted molar refractivity (Wildman–Crippen MR) is 43.2 cm³/mol. The molecule has 0 amide bonds. The maximum atomic E-state index is 3.73. The fourth-order valence-corrected chi connectivity index (χ4v) is 0.880. The van der Waals surface area contributed by atoms with Crippen LogP contribution in [-0.4, -0.2) is 0 Å². The van der Waals surface area contributed by atoms with Crippen LogP contribution < -0.4 is 0 Å². The minimum absolute atomic E-state index is 0.747. The van der Waals surface area contributed by atoms with Crippen LogP contribution in [0.5, 0.6) is 0 Å². The van der Waals surface area contributed by atoms with Gasteiger partial charge in [-0.25, -0.2) is 0 Å². The van der Waals surface area contributed by atoms with Gasteiger partial charge in [-0.05, 0) is 25.7 Å². The summed E-state index contributed by atoms with van der Waals surface area (Å²) in [5.74, 6) is 0.747.